The number of benzene rings is 1. The van der Waals surface area contributed by atoms with E-state index in [1.807, 2.05) is 6.07 Å². The highest BCUT2D eigenvalue weighted by atomic mass is 16.5. The molecule has 0 spiro atoms. The van der Waals surface area contributed by atoms with Gasteiger partial charge in [0.1, 0.15) is 5.75 Å². The Morgan fingerprint density at radius 3 is 2.80 bits per heavy atom. The Labute approximate surface area is 121 Å². The van der Waals surface area contributed by atoms with E-state index in [1.54, 1.807) is 7.11 Å². The molecule has 1 N–H and O–H groups in total. The molecule has 1 aromatic carbocycles. The Bertz CT molecular complexity index is 431. The lowest BCUT2D eigenvalue weighted by Gasteiger charge is -2.29. The van der Waals surface area contributed by atoms with E-state index in [0.717, 1.165) is 37.8 Å². The van der Waals surface area contributed by atoms with E-state index in [4.69, 9.17) is 4.74 Å². The molecule has 0 saturated carbocycles. The minimum Gasteiger partial charge on any atom is -0.495 e. The van der Waals surface area contributed by atoms with Gasteiger partial charge in [-0.15, -0.1) is 0 Å². The fourth-order valence-electron chi connectivity index (χ4n) is 3.35. The number of ether oxygens (including phenoxy) is 1. The van der Waals surface area contributed by atoms with Gasteiger partial charge >= 0.3 is 0 Å². The van der Waals surface area contributed by atoms with Crippen LogP contribution in [0.2, 0.25) is 0 Å². The molecule has 1 unspecified atom stereocenters. The van der Waals surface area contributed by atoms with Crippen LogP contribution in [0, 0.1) is 5.92 Å². The van der Waals surface area contributed by atoms with Crippen LogP contribution in [0.1, 0.15) is 6.42 Å². The zero-order valence-electron chi connectivity index (χ0n) is 12.3. The molecule has 4 heteroatoms. The predicted molar refractivity (Wildman–Crippen MR) is 82.6 cm³/mol. The maximum absolute atomic E-state index is 5.48. The second-order valence-electron chi connectivity index (χ2n) is 5.82. The highest BCUT2D eigenvalue weighted by molar-refractivity contribution is 5.59. The number of hydrogen-bond donors (Lipinski definition) is 1. The summed E-state index contributed by atoms with van der Waals surface area (Å²) in [7, 11) is 1.76. The number of piperazine rings is 1. The topological polar surface area (TPSA) is 27.7 Å². The van der Waals surface area contributed by atoms with Gasteiger partial charge in [0.05, 0.1) is 12.8 Å². The van der Waals surface area contributed by atoms with Gasteiger partial charge in [0.2, 0.25) is 0 Å². The molecule has 2 heterocycles. The maximum atomic E-state index is 5.48. The van der Waals surface area contributed by atoms with E-state index in [1.165, 1.54) is 31.7 Å². The molecular weight excluding hydrogens is 250 g/mol. The van der Waals surface area contributed by atoms with Gasteiger partial charge in [0.15, 0.2) is 0 Å². The van der Waals surface area contributed by atoms with Crippen molar-refractivity contribution < 1.29 is 4.74 Å². The van der Waals surface area contributed by atoms with Crippen LogP contribution in [0.5, 0.6) is 5.75 Å². The Balaban J connectivity index is 1.58. The quantitative estimate of drug-likeness (QED) is 0.899. The summed E-state index contributed by atoms with van der Waals surface area (Å²) >= 11 is 0. The number of rotatable bonds is 4. The van der Waals surface area contributed by atoms with Crippen LogP contribution in [0.3, 0.4) is 0 Å². The van der Waals surface area contributed by atoms with Crippen molar-refractivity contribution in [1.82, 2.24) is 10.2 Å². The minimum absolute atomic E-state index is 0.790. The van der Waals surface area contributed by atoms with Crippen LogP contribution in [0.15, 0.2) is 24.3 Å². The average molecular weight is 275 g/mol. The molecule has 20 heavy (non-hydrogen) atoms. The van der Waals surface area contributed by atoms with Crippen molar-refractivity contribution in [3.05, 3.63) is 24.3 Å². The largest absolute Gasteiger partial charge is 0.495 e. The van der Waals surface area contributed by atoms with Crippen molar-refractivity contribution in [2.24, 2.45) is 5.92 Å². The van der Waals surface area contributed by atoms with Crippen molar-refractivity contribution in [2.75, 3.05) is 57.8 Å². The van der Waals surface area contributed by atoms with Crippen molar-refractivity contribution in [3.8, 4) is 5.75 Å². The van der Waals surface area contributed by atoms with Gasteiger partial charge in [0, 0.05) is 45.8 Å². The monoisotopic (exact) mass is 275 g/mol. The second kappa shape index (κ2) is 6.46. The van der Waals surface area contributed by atoms with Gasteiger partial charge in [-0.1, -0.05) is 12.1 Å². The molecule has 0 radical (unpaired) electrons. The van der Waals surface area contributed by atoms with Crippen LogP contribution in [-0.2, 0) is 0 Å². The molecule has 2 aliphatic heterocycles. The zero-order chi connectivity index (χ0) is 13.8. The molecule has 1 aromatic rings. The van der Waals surface area contributed by atoms with Gasteiger partial charge in [-0.05, 0) is 24.5 Å². The lowest BCUT2D eigenvalue weighted by molar-refractivity contribution is 0.212. The highest BCUT2D eigenvalue weighted by Crippen LogP contribution is 2.32. The first kappa shape index (κ1) is 13.7. The third-order valence-electron chi connectivity index (χ3n) is 4.44. The molecule has 3 rings (SSSR count). The van der Waals surface area contributed by atoms with E-state index in [0.29, 0.717) is 0 Å². The molecule has 0 aliphatic carbocycles. The molecule has 2 aliphatic rings. The average Bonchev–Trinajstić information content (AvgIpc) is 2.96. The molecule has 4 nitrogen and oxygen atoms in total. The van der Waals surface area contributed by atoms with Crippen molar-refractivity contribution in [3.63, 3.8) is 0 Å². The SMILES string of the molecule is COc1ccccc1N1CCC(CN2CCNCC2)C1. The van der Waals surface area contributed by atoms with E-state index < -0.39 is 0 Å². The summed E-state index contributed by atoms with van der Waals surface area (Å²) in [5.41, 5.74) is 1.25. The van der Waals surface area contributed by atoms with Crippen LogP contribution in [0.4, 0.5) is 5.69 Å². The summed E-state index contributed by atoms with van der Waals surface area (Å²) in [4.78, 5) is 5.08. The molecule has 2 saturated heterocycles. The third kappa shape index (κ3) is 3.07. The van der Waals surface area contributed by atoms with Gasteiger partial charge in [-0.2, -0.15) is 0 Å². The molecule has 0 bridgehead atoms. The van der Waals surface area contributed by atoms with E-state index >= 15 is 0 Å². The molecular formula is C16H25N3O. The minimum atomic E-state index is 0.790. The summed E-state index contributed by atoms with van der Waals surface area (Å²) < 4.78 is 5.48. The molecule has 0 amide bonds. The normalized spacial score (nSPS) is 24.1. The van der Waals surface area contributed by atoms with E-state index in [-0.39, 0.29) is 0 Å². The number of nitrogens with zero attached hydrogens (tertiary/aromatic N) is 2. The lowest BCUT2D eigenvalue weighted by atomic mass is 10.1. The third-order valence-corrected chi connectivity index (χ3v) is 4.44. The Morgan fingerprint density at radius 1 is 1.20 bits per heavy atom. The van der Waals surface area contributed by atoms with E-state index in [2.05, 4.69) is 33.3 Å². The van der Waals surface area contributed by atoms with Crippen LogP contribution >= 0.6 is 0 Å². The fraction of sp³-hybridized carbons (Fsp3) is 0.625. The standard InChI is InChI=1S/C16H25N3O/c1-20-16-5-3-2-4-15(16)19-9-6-14(13-19)12-18-10-7-17-8-11-18/h2-5,14,17H,6-13H2,1H3. The van der Waals surface area contributed by atoms with Gasteiger partial charge in [0.25, 0.3) is 0 Å². The van der Waals surface area contributed by atoms with Crippen molar-refractivity contribution >= 4 is 5.69 Å². The molecule has 0 aromatic heterocycles. The van der Waals surface area contributed by atoms with Gasteiger partial charge in [-0.3, -0.25) is 0 Å². The van der Waals surface area contributed by atoms with Crippen LogP contribution in [-0.4, -0.2) is 57.8 Å². The molecule has 1 atom stereocenters. The van der Waals surface area contributed by atoms with Gasteiger partial charge in [-0.25, -0.2) is 0 Å². The Morgan fingerprint density at radius 2 is 2.00 bits per heavy atom. The summed E-state index contributed by atoms with van der Waals surface area (Å²) in [6, 6.07) is 8.36. The number of methoxy groups -OCH3 is 1. The first-order chi connectivity index (χ1) is 9.86. The van der Waals surface area contributed by atoms with Crippen LogP contribution in [0.25, 0.3) is 0 Å². The molecule has 2 fully saturated rings. The number of hydrogen-bond acceptors (Lipinski definition) is 4. The lowest BCUT2D eigenvalue weighted by Crippen LogP contribution is -2.45. The van der Waals surface area contributed by atoms with Crippen LogP contribution < -0.4 is 15.0 Å². The second-order valence-corrected chi connectivity index (χ2v) is 5.82. The first-order valence-corrected chi connectivity index (χ1v) is 7.68. The summed E-state index contributed by atoms with van der Waals surface area (Å²) in [5.74, 6) is 1.79. The van der Waals surface area contributed by atoms with Crippen molar-refractivity contribution in [2.45, 2.75) is 6.42 Å². The summed E-state index contributed by atoms with van der Waals surface area (Å²) in [5, 5.41) is 3.42. The fourth-order valence-corrected chi connectivity index (χ4v) is 3.35. The summed E-state index contributed by atoms with van der Waals surface area (Å²) in [6.45, 7) is 8.23. The maximum Gasteiger partial charge on any atom is 0.142 e. The summed E-state index contributed by atoms with van der Waals surface area (Å²) in [6.07, 6.45) is 1.29. The number of para-hydroxylation sites is 2. The first-order valence-electron chi connectivity index (χ1n) is 7.68. The van der Waals surface area contributed by atoms with Crippen molar-refractivity contribution in [1.29, 1.82) is 0 Å². The number of anilines is 1. The highest BCUT2D eigenvalue weighted by Gasteiger charge is 2.26. The molecule has 110 valence electrons. The number of nitrogens with one attached hydrogen (secondary N) is 1. The van der Waals surface area contributed by atoms with E-state index in [9.17, 15) is 0 Å². The van der Waals surface area contributed by atoms with Gasteiger partial charge < -0.3 is 19.9 Å². The smallest absolute Gasteiger partial charge is 0.142 e. The zero-order valence-corrected chi connectivity index (χ0v) is 12.3. The Hall–Kier alpha value is -1.26. The predicted octanol–water partition coefficient (Wildman–Crippen LogP) is 1.43. The Kier molecular flexibility index (Phi) is 4.43.